The first-order chi connectivity index (χ1) is 8.35. The van der Waals surface area contributed by atoms with Gasteiger partial charge in [-0.05, 0) is 6.42 Å². The standard InChI is InChI=1S/C11H17N5S/c1-2-4-16-5-3-14-11(16)6-9(15-12)10-7-13-8-17-10/h3,5,7-9,15H,2,4,6,12H2,1H3. The van der Waals surface area contributed by atoms with Gasteiger partial charge in [0.25, 0.3) is 0 Å². The van der Waals surface area contributed by atoms with Crippen molar-refractivity contribution < 1.29 is 0 Å². The molecule has 92 valence electrons. The van der Waals surface area contributed by atoms with Crippen molar-refractivity contribution in [3.63, 3.8) is 0 Å². The van der Waals surface area contributed by atoms with Gasteiger partial charge in [-0.1, -0.05) is 6.92 Å². The first-order valence-electron chi connectivity index (χ1n) is 5.69. The zero-order valence-electron chi connectivity index (χ0n) is 9.84. The molecular formula is C11H17N5S. The van der Waals surface area contributed by atoms with Crippen LogP contribution in [0, 0.1) is 0 Å². The zero-order valence-corrected chi connectivity index (χ0v) is 10.7. The predicted octanol–water partition coefficient (Wildman–Crippen LogP) is 1.50. The van der Waals surface area contributed by atoms with Crippen LogP contribution < -0.4 is 11.3 Å². The molecule has 0 aromatic carbocycles. The predicted molar refractivity (Wildman–Crippen MR) is 68.4 cm³/mol. The van der Waals surface area contributed by atoms with Crippen molar-refractivity contribution in [2.45, 2.75) is 32.4 Å². The molecule has 0 saturated carbocycles. The van der Waals surface area contributed by atoms with E-state index in [2.05, 4.69) is 26.9 Å². The summed E-state index contributed by atoms with van der Waals surface area (Å²) in [5, 5.41) is 0. The molecule has 0 aliphatic carbocycles. The van der Waals surface area contributed by atoms with Crippen LogP contribution in [0.15, 0.2) is 24.1 Å². The Balaban J connectivity index is 2.10. The minimum absolute atomic E-state index is 0.0838. The largest absolute Gasteiger partial charge is 0.335 e. The van der Waals surface area contributed by atoms with Crippen molar-refractivity contribution in [1.82, 2.24) is 20.0 Å². The molecule has 0 saturated heterocycles. The van der Waals surface area contributed by atoms with Crippen molar-refractivity contribution >= 4 is 11.3 Å². The molecule has 1 unspecified atom stereocenters. The van der Waals surface area contributed by atoms with E-state index in [1.807, 2.05) is 24.1 Å². The van der Waals surface area contributed by atoms with E-state index >= 15 is 0 Å². The molecule has 1 atom stereocenters. The minimum Gasteiger partial charge on any atom is -0.335 e. The Morgan fingerprint density at radius 2 is 2.47 bits per heavy atom. The molecule has 2 rings (SSSR count). The summed E-state index contributed by atoms with van der Waals surface area (Å²) in [6.07, 6.45) is 7.59. The first kappa shape index (κ1) is 12.2. The smallest absolute Gasteiger partial charge is 0.110 e. The van der Waals surface area contributed by atoms with Crippen LogP contribution in [0.1, 0.15) is 30.1 Å². The average Bonchev–Trinajstić information content (AvgIpc) is 2.97. The molecule has 0 amide bonds. The normalized spacial score (nSPS) is 12.8. The van der Waals surface area contributed by atoms with Gasteiger partial charge in [-0.15, -0.1) is 11.3 Å². The molecule has 0 spiro atoms. The van der Waals surface area contributed by atoms with Gasteiger partial charge in [0.1, 0.15) is 5.82 Å². The highest BCUT2D eigenvalue weighted by molar-refractivity contribution is 7.09. The second kappa shape index (κ2) is 5.90. The van der Waals surface area contributed by atoms with E-state index < -0.39 is 0 Å². The molecule has 2 aromatic rings. The number of imidazole rings is 1. The van der Waals surface area contributed by atoms with Crippen LogP contribution in [0.5, 0.6) is 0 Å². The van der Waals surface area contributed by atoms with Crippen LogP contribution in [0.2, 0.25) is 0 Å². The number of nitrogens with one attached hydrogen (secondary N) is 1. The lowest BCUT2D eigenvalue weighted by molar-refractivity contribution is 0.523. The molecular weight excluding hydrogens is 234 g/mol. The molecule has 2 aromatic heterocycles. The number of aromatic nitrogens is 3. The SMILES string of the molecule is CCCn1ccnc1CC(NN)c1cncs1. The van der Waals surface area contributed by atoms with Crippen molar-refractivity contribution in [3.8, 4) is 0 Å². The van der Waals surface area contributed by atoms with Gasteiger partial charge in [0.05, 0.1) is 11.6 Å². The molecule has 6 heteroatoms. The Hall–Kier alpha value is -1.24. The lowest BCUT2D eigenvalue weighted by Gasteiger charge is -2.14. The van der Waals surface area contributed by atoms with E-state index in [4.69, 9.17) is 5.84 Å². The Morgan fingerprint density at radius 1 is 1.59 bits per heavy atom. The maximum atomic E-state index is 5.60. The fourth-order valence-electron chi connectivity index (χ4n) is 1.80. The van der Waals surface area contributed by atoms with Crippen molar-refractivity contribution in [3.05, 3.63) is 34.8 Å². The van der Waals surface area contributed by atoms with Gasteiger partial charge in [-0.2, -0.15) is 0 Å². The van der Waals surface area contributed by atoms with Crippen LogP contribution in [-0.2, 0) is 13.0 Å². The molecule has 0 radical (unpaired) electrons. The number of rotatable bonds is 6. The third kappa shape index (κ3) is 2.91. The Labute approximate surface area is 105 Å². The number of thiazole rings is 1. The van der Waals surface area contributed by atoms with E-state index in [0.29, 0.717) is 0 Å². The summed E-state index contributed by atoms with van der Waals surface area (Å²) in [4.78, 5) is 9.60. The molecule has 3 N–H and O–H groups in total. The highest BCUT2D eigenvalue weighted by atomic mass is 32.1. The van der Waals surface area contributed by atoms with E-state index in [1.165, 1.54) is 0 Å². The Kier molecular flexibility index (Phi) is 4.24. The monoisotopic (exact) mass is 251 g/mol. The number of aryl methyl sites for hydroxylation is 1. The van der Waals surface area contributed by atoms with Crippen LogP contribution in [0.25, 0.3) is 0 Å². The number of hydrogen-bond acceptors (Lipinski definition) is 5. The molecule has 2 heterocycles. The summed E-state index contributed by atoms with van der Waals surface area (Å²) in [6.45, 7) is 3.15. The highest BCUT2D eigenvalue weighted by Crippen LogP contribution is 2.20. The summed E-state index contributed by atoms with van der Waals surface area (Å²) >= 11 is 1.61. The van der Waals surface area contributed by atoms with Gasteiger partial charge in [0.2, 0.25) is 0 Å². The molecule has 5 nitrogen and oxygen atoms in total. The summed E-state index contributed by atoms with van der Waals surface area (Å²) in [6, 6.07) is 0.0838. The van der Waals surface area contributed by atoms with E-state index in [1.54, 1.807) is 11.3 Å². The lowest BCUT2D eigenvalue weighted by atomic mass is 10.2. The summed E-state index contributed by atoms with van der Waals surface area (Å²) in [7, 11) is 0. The van der Waals surface area contributed by atoms with Gasteiger partial charge >= 0.3 is 0 Å². The van der Waals surface area contributed by atoms with E-state index in [0.717, 1.165) is 30.1 Å². The third-order valence-corrected chi connectivity index (χ3v) is 3.54. The highest BCUT2D eigenvalue weighted by Gasteiger charge is 2.15. The quantitative estimate of drug-likeness (QED) is 0.603. The zero-order chi connectivity index (χ0) is 12.1. The lowest BCUT2D eigenvalue weighted by Crippen LogP contribution is -2.29. The molecule has 0 aliphatic heterocycles. The molecule has 0 bridgehead atoms. The van der Waals surface area contributed by atoms with Crippen molar-refractivity contribution in [2.75, 3.05) is 0 Å². The van der Waals surface area contributed by atoms with E-state index in [9.17, 15) is 0 Å². The van der Waals surface area contributed by atoms with Gasteiger partial charge < -0.3 is 4.57 Å². The van der Waals surface area contributed by atoms with Crippen LogP contribution in [0.4, 0.5) is 0 Å². The fourth-order valence-corrected chi connectivity index (χ4v) is 2.48. The fraction of sp³-hybridized carbons (Fsp3) is 0.455. The van der Waals surface area contributed by atoms with Gasteiger partial charge in [-0.25, -0.2) is 4.98 Å². The Morgan fingerprint density at radius 3 is 3.12 bits per heavy atom. The summed E-state index contributed by atoms with van der Waals surface area (Å²) < 4.78 is 2.17. The van der Waals surface area contributed by atoms with Crippen LogP contribution in [0.3, 0.4) is 0 Å². The third-order valence-electron chi connectivity index (χ3n) is 2.65. The Bertz CT molecular complexity index is 436. The summed E-state index contributed by atoms with van der Waals surface area (Å²) in [5.74, 6) is 6.65. The minimum atomic E-state index is 0.0838. The number of nitrogens with two attached hydrogens (primary N) is 1. The van der Waals surface area contributed by atoms with Crippen molar-refractivity contribution in [1.29, 1.82) is 0 Å². The average molecular weight is 251 g/mol. The van der Waals surface area contributed by atoms with Gasteiger partial charge in [-0.3, -0.25) is 16.3 Å². The molecule has 0 aliphatic rings. The van der Waals surface area contributed by atoms with Crippen LogP contribution in [-0.4, -0.2) is 14.5 Å². The second-order valence-corrected chi connectivity index (χ2v) is 4.78. The number of nitrogens with zero attached hydrogens (tertiary/aromatic N) is 3. The molecule has 17 heavy (non-hydrogen) atoms. The topological polar surface area (TPSA) is 68.8 Å². The number of hydrogen-bond donors (Lipinski definition) is 2. The van der Waals surface area contributed by atoms with Gasteiger partial charge in [0.15, 0.2) is 0 Å². The second-order valence-electron chi connectivity index (χ2n) is 3.86. The molecule has 0 fully saturated rings. The van der Waals surface area contributed by atoms with Crippen LogP contribution >= 0.6 is 11.3 Å². The first-order valence-corrected chi connectivity index (χ1v) is 6.57. The number of hydrazine groups is 1. The van der Waals surface area contributed by atoms with Crippen molar-refractivity contribution in [2.24, 2.45) is 5.84 Å². The van der Waals surface area contributed by atoms with Gasteiger partial charge in [0, 0.05) is 36.4 Å². The van der Waals surface area contributed by atoms with E-state index in [-0.39, 0.29) is 6.04 Å². The maximum absolute atomic E-state index is 5.60. The summed E-state index contributed by atoms with van der Waals surface area (Å²) in [5.41, 5.74) is 4.65. The maximum Gasteiger partial charge on any atom is 0.110 e.